The molecule has 0 spiro atoms. The van der Waals surface area contributed by atoms with Gasteiger partial charge < -0.3 is 14.8 Å². The lowest BCUT2D eigenvalue weighted by molar-refractivity contribution is -0.0167. The summed E-state index contributed by atoms with van der Waals surface area (Å²) in [5.41, 5.74) is 0.991. The van der Waals surface area contributed by atoms with Crippen LogP contribution in [0.3, 0.4) is 0 Å². The van der Waals surface area contributed by atoms with E-state index in [4.69, 9.17) is 21.7 Å². The first-order chi connectivity index (χ1) is 17.9. The molecule has 1 aliphatic heterocycles. The van der Waals surface area contributed by atoms with Gasteiger partial charge in [-0.3, -0.25) is 18.8 Å². The zero-order chi connectivity index (χ0) is 26.4. The van der Waals surface area contributed by atoms with E-state index < -0.39 is 17.8 Å². The summed E-state index contributed by atoms with van der Waals surface area (Å²) in [5.74, 6) is -0.760. The molecule has 1 aromatic heterocycles. The van der Waals surface area contributed by atoms with Crippen molar-refractivity contribution in [2.75, 3.05) is 31.6 Å². The maximum absolute atomic E-state index is 13.3. The minimum absolute atomic E-state index is 0.129. The summed E-state index contributed by atoms with van der Waals surface area (Å²) in [5, 5.41) is 3.28. The summed E-state index contributed by atoms with van der Waals surface area (Å²) in [6, 6.07) is 15.7. The van der Waals surface area contributed by atoms with Crippen molar-refractivity contribution in [3.8, 4) is 5.69 Å². The molecule has 1 saturated heterocycles. The fourth-order valence-corrected chi connectivity index (χ4v) is 4.45. The molecule has 1 aliphatic rings. The number of hydrogen-bond acceptors (Lipinski definition) is 7. The van der Waals surface area contributed by atoms with E-state index in [2.05, 4.69) is 10.2 Å². The van der Waals surface area contributed by atoms with Gasteiger partial charge in [-0.05, 0) is 48.5 Å². The van der Waals surface area contributed by atoms with E-state index in [1.807, 2.05) is 37.3 Å². The number of carbonyl (C=O) groups excluding carboxylic acids is 1. The zero-order valence-electron chi connectivity index (χ0n) is 21.0. The SMILES string of the molecule is CCCCOC(=O)c1c(NC2CN(Cc3ccc(F)cc3)CCO2)n(-c2ccccc2)c(=S)n(C)c1=O. The molecule has 0 amide bonds. The number of para-hydroxylation sites is 1. The van der Waals surface area contributed by atoms with Crippen LogP contribution in [0.25, 0.3) is 5.69 Å². The summed E-state index contributed by atoms with van der Waals surface area (Å²) < 4.78 is 27.9. The topological polar surface area (TPSA) is 77.7 Å². The maximum atomic E-state index is 13.3. The predicted octanol–water partition coefficient (Wildman–Crippen LogP) is 4.27. The van der Waals surface area contributed by atoms with Crippen molar-refractivity contribution in [3.63, 3.8) is 0 Å². The molecule has 1 N–H and O–H groups in total. The van der Waals surface area contributed by atoms with Crippen LogP contribution in [0.1, 0.15) is 35.7 Å². The Labute approximate surface area is 220 Å². The third kappa shape index (κ3) is 6.33. The second-order valence-corrected chi connectivity index (χ2v) is 9.26. The number of carbonyl (C=O) groups is 1. The number of hydrogen-bond donors (Lipinski definition) is 1. The number of nitrogens with one attached hydrogen (secondary N) is 1. The van der Waals surface area contributed by atoms with E-state index in [1.165, 1.54) is 23.7 Å². The minimum atomic E-state index is -0.713. The first-order valence-corrected chi connectivity index (χ1v) is 12.7. The average Bonchev–Trinajstić information content (AvgIpc) is 2.90. The number of ether oxygens (including phenoxy) is 2. The zero-order valence-corrected chi connectivity index (χ0v) is 21.8. The van der Waals surface area contributed by atoms with Crippen molar-refractivity contribution in [3.05, 3.63) is 86.7 Å². The molecule has 10 heteroatoms. The van der Waals surface area contributed by atoms with E-state index in [0.29, 0.717) is 38.3 Å². The van der Waals surface area contributed by atoms with Gasteiger partial charge in [0.1, 0.15) is 17.9 Å². The summed E-state index contributed by atoms with van der Waals surface area (Å²) in [4.78, 5) is 28.6. The van der Waals surface area contributed by atoms with Gasteiger partial charge in [-0.25, -0.2) is 9.18 Å². The van der Waals surface area contributed by atoms with Crippen molar-refractivity contribution in [2.45, 2.75) is 32.5 Å². The number of esters is 1. The Hall–Kier alpha value is -3.34. The largest absolute Gasteiger partial charge is 0.462 e. The molecule has 0 aliphatic carbocycles. The first kappa shape index (κ1) is 26.7. The number of unbranched alkanes of at least 4 members (excludes halogenated alkanes) is 1. The van der Waals surface area contributed by atoms with E-state index in [-0.39, 0.29) is 28.6 Å². The molecule has 4 rings (SSSR count). The average molecular weight is 527 g/mol. The lowest BCUT2D eigenvalue weighted by Gasteiger charge is -2.34. The molecular formula is C27H31FN4O4S. The van der Waals surface area contributed by atoms with Gasteiger partial charge in [0.15, 0.2) is 10.3 Å². The Kier molecular flexibility index (Phi) is 8.86. The summed E-state index contributed by atoms with van der Waals surface area (Å²) in [6.45, 7) is 4.40. The molecular weight excluding hydrogens is 495 g/mol. The van der Waals surface area contributed by atoms with Crippen LogP contribution in [-0.4, -0.2) is 52.5 Å². The van der Waals surface area contributed by atoms with Gasteiger partial charge in [0.25, 0.3) is 5.56 Å². The number of benzene rings is 2. The van der Waals surface area contributed by atoms with Crippen LogP contribution < -0.4 is 10.9 Å². The van der Waals surface area contributed by atoms with Crippen molar-refractivity contribution in [1.82, 2.24) is 14.0 Å². The molecule has 3 aromatic rings. The predicted molar refractivity (Wildman–Crippen MR) is 142 cm³/mol. The van der Waals surface area contributed by atoms with Gasteiger partial charge in [-0.2, -0.15) is 0 Å². The van der Waals surface area contributed by atoms with Gasteiger partial charge >= 0.3 is 5.97 Å². The Morgan fingerprint density at radius 3 is 2.62 bits per heavy atom. The second-order valence-electron chi connectivity index (χ2n) is 8.90. The molecule has 1 fully saturated rings. The van der Waals surface area contributed by atoms with Gasteiger partial charge in [0.05, 0.1) is 13.2 Å². The highest BCUT2D eigenvalue weighted by atomic mass is 32.1. The Morgan fingerprint density at radius 1 is 1.19 bits per heavy atom. The van der Waals surface area contributed by atoms with Crippen LogP contribution >= 0.6 is 12.2 Å². The quantitative estimate of drug-likeness (QED) is 0.253. The number of morpholine rings is 1. The lowest BCUT2D eigenvalue weighted by atomic mass is 10.2. The third-order valence-corrected chi connectivity index (χ3v) is 6.63. The number of nitrogens with zero attached hydrogens (tertiary/aromatic N) is 3. The first-order valence-electron chi connectivity index (χ1n) is 12.3. The van der Waals surface area contributed by atoms with E-state index >= 15 is 0 Å². The van der Waals surface area contributed by atoms with Gasteiger partial charge in [0, 0.05) is 32.4 Å². The van der Waals surface area contributed by atoms with Crippen molar-refractivity contribution in [1.29, 1.82) is 0 Å². The van der Waals surface area contributed by atoms with Crippen LogP contribution in [0.2, 0.25) is 0 Å². The minimum Gasteiger partial charge on any atom is -0.462 e. The molecule has 37 heavy (non-hydrogen) atoms. The van der Waals surface area contributed by atoms with E-state index in [1.54, 1.807) is 16.7 Å². The van der Waals surface area contributed by atoms with E-state index in [0.717, 1.165) is 12.0 Å². The van der Waals surface area contributed by atoms with Gasteiger partial charge in [-0.15, -0.1) is 0 Å². The van der Waals surface area contributed by atoms with Crippen LogP contribution in [0.5, 0.6) is 0 Å². The van der Waals surface area contributed by atoms with Crippen LogP contribution in [-0.2, 0) is 23.1 Å². The molecule has 1 atom stereocenters. The standard InChI is InChI=1S/C27H31FN4O4S/c1-3-4-15-36-26(34)23-24(32(21-8-6-5-7-9-21)27(37)30(2)25(23)33)29-22-18-31(14-16-35-22)17-19-10-12-20(28)13-11-19/h5-13,22,29H,3-4,14-18H2,1-2H3. The second kappa shape index (κ2) is 12.3. The Morgan fingerprint density at radius 2 is 1.92 bits per heavy atom. The highest BCUT2D eigenvalue weighted by Gasteiger charge is 2.28. The van der Waals surface area contributed by atoms with Crippen LogP contribution in [0.4, 0.5) is 10.2 Å². The highest BCUT2D eigenvalue weighted by molar-refractivity contribution is 7.71. The number of aromatic nitrogens is 2. The number of halogens is 1. The lowest BCUT2D eigenvalue weighted by Crippen LogP contribution is -2.46. The van der Waals surface area contributed by atoms with Crippen LogP contribution in [0.15, 0.2) is 59.4 Å². The number of anilines is 1. The Bertz CT molecular complexity index is 1340. The fourth-order valence-electron chi connectivity index (χ4n) is 4.17. The molecule has 2 aromatic carbocycles. The third-order valence-electron chi connectivity index (χ3n) is 6.17. The molecule has 0 radical (unpaired) electrons. The fraction of sp³-hybridized carbons (Fsp3) is 0.370. The van der Waals surface area contributed by atoms with Gasteiger partial charge in [-0.1, -0.05) is 43.7 Å². The molecule has 0 bridgehead atoms. The molecule has 1 unspecified atom stereocenters. The summed E-state index contributed by atoms with van der Waals surface area (Å²) >= 11 is 5.64. The molecule has 0 saturated carbocycles. The molecule has 8 nitrogen and oxygen atoms in total. The summed E-state index contributed by atoms with van der Waals surface area (Å²) in [6.07, 6.45) is 1.01. The van der Waals surface area contributed by atoms with Crippen LogP contribution in [0, 0.1) is 10.6 Å². The smallest absolute Gasteiger partial charge is 0.347 e. The van der Waals surface area contributed by atoms with Crippen molar-refractivity contribution in [2.24, 2.45) is 7.05 Å². The molecule has 2 heterocycles. The maximum Gasteiger partial charge on any atom is 0.347 e. The van der Waals surface area contributed by atoms with Crippen molar-refractivity contribution >= 4 is 24.0 Å². The Balaban J connectivity index is 1.70. The van der Waals surface area contributed by atoms with E-state index in [9.17, 15) is 14.0 Å². The molecule has 196 valence electrons. The van der Waals surface area contributed by atoms with Gasteiger partial charge in [0.2, 0.25) is 0 Å². The highest BCUT2D eigenvalue weighted by Crippen LogP contribution is 2.23. The normalized spacial score (nSPS) is 15.9. The monoisotopic (exact) mass is 526 g/mol. The van der Waals surface area contributed by atoms with Crippen molar-refractivity contribution < 1.29 is 18.7 Å². The summed E-state index contributed by atoms with van der Waals surface area (Å²) in [7, 11) is 1.54. The number of rotatable bonds is 9.